The third-order valence-electron chi connectivity index (χ3n) is 3.49. The number of nitrogens with zero attached hydrogens (tertiary/aromatic N) is 1. The molecule has 0 aliphatic rings. The van der Waals surface area contributed by atoms with Crippen LogP contribution >= 0.6 is 0 Å². The van der Waals surface area contributed by atoms with E-state index in [4.69, 9.17) is 0 Å². The summed E-state index contributed by atoms with van der Waals surface area (Å²) in [5.74, 6) is -3.08. The second-order valence-electron chi connectivity index (χ2n) is 5.12. The molecule has 0 aliphatic heterocycles. The number of alkyl halides is 3. The molecule has 0 unspecified atom stereocenters. The van der Waals surface area contributed by atoms with Crippen LogP contribution in [0.3, 0.4) is 0 Å². The van der Waals surface area contributed by atoms with Gasteiger partial charge in [0.05, 0.1) is 4.90 Å². The van der Waals surface area contributed by atoms with Crippen LogP contribution in [0.2, 0.25) is 0 Å². The molecule has 0 saturated carbocycles. The molecule has 0 saturated heterocycles. The Labute approximate surface area is 145 Å². The standard InChI is InChI=1S/C16H12F5NO3S/c1-2-22(15(23)10-3-8-13(17)14(18)9-10)11-4-6-12(7-5-11)26(24,25)16(19,20)21/h3-9H,2H2,1H3. The predicted octanol–water partition coefficient (Wildman–Crippen LogP) is 3.93. The molecular formula is C16H12F5NO3S. The van der Waals surface area contributed by atoms with Gasteiger partial charge in [0.15, 0.2) is 11.6 Å². The fourth-order valence-corrected chi connectivity index (χ4v) is 2.93. The molecular weight excluding hydrogens is 381 g/mol. The third kappa shape index (κ3) is 3.69. The molecule has 0 spiro atoms. The zero-order chi connectivity index (χ0) is 19.7. The molecule has 0 N–H and O–H groups in total. The van der Waals surface area contributed by atoms with Crippen LogP contribution in [0.15, 0.2) is 47.4 Å². The average Bonchev–Trinajstić information content (AvgIpc) is 2.57. The first-order valence-electron chi connectivity index (χ1n) is 7.17. The highest BCUT2D eigenvalue weighted by atomic mass is 32.2. The highest BCUT2D eigenvalue weighted by Gasteiger charge is 2.46. The minimum Gasteiger partial charge on any atom is -0.309 e. The Bertz CT molecular complexity index is 924. The number of halogens is 5. The molecule has 4 nitrogen and oxygen atoms in total. The summed E-state index contributed by atoms with van der Waals surface area (Å²) >= 11 is 0. The zero-order valence-corrected chi connectivity index (χ0v) is 14.0. The Balaban J connectivity index is 2.36. The maximum atomic E-state index is 13.3. The number of anilines is 1. The van der Waals surface area contributed by atoms with Crippen molar-refractivity contribution >= 4 is 21.4 Å². The number of benzene rings is 2. The van der Waals surface area contributed by atoms with Crippen LogP contribution in [0.4, 0.5) is 27.6 Å². The summed E-state index contributed by atoms with van der Waals surface area (Å²) in [6, 6.07) is 6.03. The van der Waals surface area contributed by atoms with Gasteiger partial charge in [-0.3, -0.25) is 4.79 Å². The van der Waals surface area contributed by atoms with Crippen molar-refractivity contribution < 1.29 is 35.2 Å². The maximum absolute atomic E-state index is 13.3. The molecule has 2 aromatic carbocycles. The van der Waals surface area contributed by atoms with E-state index in [1.165, 1.54) is 0 Å². The van der Waals surface area contributed by atoms with Crippen LogP contribution in [0.25, 0.3) is 0 Å². The van der Waals surface area contributed by atoms with Crippen molar-refractivity contribution in [3.8, 4) is 0 Å². The number of carbonyl (C=O) groups is 1. The van der Waals surface area contributed by atoms with Gasteiger partial charge in [-0.1, -0.05) is 0 Å². The number of sulfone groups is 1. The van der Waals surface area contributed by atoms with E-state index in [1.54, 1.807) is 6.92 Å². The lowest BCUT2D eigenvalue weighted by molar-refractivity contribution is -0.0436. The number of hydrogen-bond donors (Lipinski definition) is 0. The van der Waals surface area contributed by atoms with Gasteiger partial charge in [0.2, 0.25) is 0 Å². The zero-order valence-electron chi connectivity index (χ0n) is 13.2. The van der Waals surface area contributed by atoms with Crippen LogP contribution in [-0.4, -0.2) is 26.4 Å². The summed E-state index contributed by atoms with van der Waals surface area (Å²) in [7, 11) is -5.50. The van der Waals surface area contributed by atoms with Crippen LogP contribution < -0.4 is 4.90 Å². The van der Waals surface area contributed by atoms with Crippen molar-refractivity contribution in [2.24, 2.45) is 0 Å². The van der Waals surface area contributed by atoms with Gasteiger partial charge >= 0.3 is 5.51 Å². The molecule has 0 bridgehead atoms. The fraction of sp³-hybridized carbons (Fsp3) is 0.188. The van der Waals surface area contributed by atoms with Crippen molar-refractivity contribution in [3.05, 3.63) is 59.7 Å². The van der Waals surface area contributed by atoms with Gasteiger partial charge in [-0.05, 0) is 49.4 Å². The number of hydrogen-bond acceptors (Lipinski definition) is 3. The summed E-state index contributed by atoms with van der Waals surface area (Å²) in [6.45, 7) is 1.61. The minimum atomic E-state index is -5.50. The van der Waals surface area contributed by atoms with E-state index in [1.807, 2.05) is 0 Å². The number of amides is 1. The minimum absolute atomic E-state index is 0.0587. The van der Waals surface area contributed by atoms with Crippen molar-refractivity contribution in [2.75, 3.05) is 11.4 Å². The van der Waals surface area contributed by atoms with Gasteiger partial charge in [0.25, 0.3) is 15.7 Å². The first-order valence-corrected chi connectivity index (χ1v) is 8.65. The molecule has 2 aromatic rings. The largest absolute Gasteiger partial charge is 0.501 e. The monoisotopic (exact) mass is 393 g/mol. The number of carbonyl (C=O) groups excluding carboxylic acids is 1. The van der Waals surface area contributed by atoms with Gasteiger partial charge < -0.3 is 4.90 Å². The van der Waals surface area contributed by atoms with Crippen molar-refractivity contribution in [2.45, 2.75) is 17.3 Å². The Kier molecular flexibility index (Phi) is 5.36. The molecule has 140 valence electrons. The van der Waals surface area contributed by atoms with Gasteiger partial charge in [0, 0.05) is 17.8 Å². The lowest BCUT2D eigenvalue weighted by atomic mass is 10.1. The number of rotatable bonds is 4. The molecule has 2 rings (SSSR count). The third-order valence-corrected chi connectivity index (χ3v) is 4.99. The highest BCUT2D eigenvalue weighted by Crippen LogP contribution is 2.31. The summed E-state index contributed by atoms with van der Waals surface area (Å²) in [6.07, 6.45) is 0. The molecule has 0 aliphatic carbocycles. The average molecular weight is 393 g/mol. The van der Waals surface area contributed by atoms with Crippen molar-refractivity contribution in [1.82, 2.24) is 0 Å². The first kappa shape index (κ1) is 19.8. The van der Waals surface area contributed by atoms with E-state index in [-0.39, 0.29) is 17.8 Å². The maximum Gasteiger partial charge on any atom is 0.501 e. The summed E-state index contributed by atoms with van der Waals surface area (Å²) in [5, 5.41) is 0. The lowest BCUT2D eigenvalue weighted by Gasteiger charge is -2.21. The Morgan fingerprint density at radius 3 is 2.04 bits per heavy atom. The van der Waals surface area contributed by atoms with Crippen molar-refractivity contribution in [3.63, 3.8) is 0 Å². The van der Waals surface area contributed by atoms with Crippen LogP contribution in [0.1, 0.15) is 17.3 Å². The first-order chi connectivity index (χ1) is 12.0. The van der Waals surface area contributed by atoms with E-state index < -0.39 is 37.8 Å². The summed E-state index contributed by atoms with van der Waals surface area (Å²) in [4.78, 5) is 12.5. The Morgan fingerprint density at radius 2 is 1.58 bits per heavy atom. The molecule has 0 aromatic heterocycles. The molecule has 1 amide bonds. The van der Waals surface area contributed by atoms with E-state index in [0.29, 0.717) is 6.07 Å². The smallest absolute Gasteiger partial charge is 0.309 e. The SMILES string of the molecule is CCN(C(=O)c1ccc(F)c(F)c1)c1ccc(S(=O)(=O)C(F)(F)F)cc1. The van der Waals surface area contributed by atoms with Crippen LogP contribution in [0.5, 0.6) is 0 Å². The van der Waals surface area contributed by atoms with E-state index >= 15 is 0 Å². The molecule has 0 fully saturated rings. The van der Waals surface area contributed by atoms with Crippen LogP contribution in [0, 0.1) is 11.6 Å². The molecule has 10 heteroatoms. The quantitative estimate of drug-likeness (QED) is 0.740. The fourth-order valence-electron chi connectivity index (χ4n) is 2.17. The second-order valence-corrected chi connectivity index (χ2v) is 7.06. The summed E-state index contributed by atoms with van der Waals surface area (Å²) in [5.41, 5.74) is -5.51. The Morgan fingerprint density at radius 1 is 1.00 bits per heavy atom. The molecule has 0 radical (unpaired) electrons. The van der Waals surface area contributed by atoms with Crippen molar-refractivity contribution in [1.29, 1.82) is 0 Å². The molecule has 26 heavy (non-hydrogen) atoms. The summed E-state index contributed by atoms with van der Waals surface area (Å²) < 4.78 is 86.6. The van der Waals surface area contributed by atoms with Gasteiger partial charge in [-0.15, -0.1) is 0 Å². The van der Waals surface area contributed by atoms with E-state index in [2.05, 4.69) is 0 Å². The second kappa shape index (κ2) is 7.02. The van der Waals surface area contributed by atoms with Crippen LogP contribution in [-0.2, 0) is 9.84 Å². The van der Waals surface area contributed by atoms with Gasteiger partial charge in [-0.25, -0.2) is 17.2 Å². The molecule has 0 heterocycles. The lowest BCUT2D eigenvalue weighted by Crippen LogP contribution is -2.31. The van der Waals surface area contributed by atoms with Gasteiger partial charge in [-0.2, -0.15) is 13.2 Å². The van der Waals surface area contributed by atoms with E-state index in [9.17, 15) is 35.2 Å². The van der Waals surface area contributed by atoms with Gasteiger partial charge in [0.1, 0.15) is 0 Å². The van der Waals surface area contributed by atoms with E-state index in [0.717, 1.165) is 41.3 Å². The Hall–Kier alpha value is -2.49. The topological polar surface area (TPSA) is 54.5 Å². The highest BCUT2D eigenvalue weighted by molar-refractivity contribution is 7.92. The molecule has 0 atom stereocenters. The normalized spacial score (nSPS) is 12.1. The predicted molar refractivity (Wildman–Crippen MR) is 83.4 cm³/mol.